The molecular formula is C10H20N2S. The van der Waals surface area contributed by atoms with Gasteiger partial charge in [-0.15, -0.1) is 11.8 Å². The molecule has 2 fully saturated rings. The van der Waals surface area contributed by atoms with E-state index in [9.17, 15) is 0 Å². The van der Waals surface area contributed by atoms with Crippen molar-refractivity contribution in [3.8, 4) is 0 Å². The highest BCUT2D eigenvalue weighted by atomic mass is 32.2. The molecule has 2 rings (SSSR count). The van der Waals surface area contributed by atoms with E-state index >= 15 is 0 Å². The summed E-state index contributed by atoms with van der Waals surface area (Å²) in [4.78, 5) is 0.416. The number of hydrogen-bond acceptors (Lipinski definition) is 3. The molecule has 3 heteroatoms. The molecule has 0 aliphatic carbocycles. The van der Waals surface area contributed by atoms with Crippen molar-refractivity contribution in [2.24, 2.45) is 5.92 Å². The van der Waals surface area contributed by atoms with Crippen molar-refractivity contribution in [2.75, 3.05) is 19.6 Å². The average Bonchev–Trinajstić information content (AvgIpc) is 2.49. The van der Waals surface area contributed by atoms with Gasteiger partial charge in [0, 0.05) is 18.3 Å². The van der Waals surface area contributed by atoms with Crippen LogP contribution in [0.1, 0.15) is 26.7 Å². The Morgan fingerprint density at radius 2 is 2.31 bits per heavy atom. The summed E-state index contributed by atoms with van der Waals surface area (Å²) in [5.41, 5.74) is 0. The highest BCUT2D eigenvalue weighted by Gasteiger charge is 2.44. The van der Waals surface area contributed by atoms with Gasteiger partial charge in [0.25, 0.3) is 0 Å². The zero-order valence-electron chi connectivity index (χ0n) is 8.60. The fourth-order valence-electron chi connectivity index (χ4n) is 2.54. The summed E-state index contributed by atoms with van der Waals surface area (Å²) in [5.74, 6) is 0.816. The minimum atomic E-state index is 0.416. The van der Waals surface area contributed by atoms with Crippen molar-refractivity contribution in [2.45, 2.75) is 36.8 Å². The molecule has 76 valence electrons. The molecule has 0 saturated carbocycles. The van der Waals surface area contributed by atoms with Gasteiger partial charge in [0.05, 0.1) is 4.87 Å². The van der Waals surface area contributed by atoms with Crippen LogP contribution in [0.25, 0.3) is 0 Å². The summed E-state index contributed by atoms with van der Waals surface area (Å²) >= 11 is 2.17. The third kappa shape index (κ3) is 1.74. The second kappa shape index (κ2) is 3.79. The first-order chi connectivity index (χ1) is 6.27. The molecule has 3 unspecified atom stereocenters. The van der Waals surface area contributed by atoms with Crippen LogP contribution in [-0.4, -0.2) is 29.8 Å². The van der Waals surface area contributed by atoms with E-state index in [1.165, 1.54) is 32.5 Å². The fourth-order valence-corrected chi connectivity index (χ4v) is 4.25. The van der Waals surface area contributed by atoms with Crippen LogP contribution in [0.15, 0.2) is 0 Å². The van der Waals surface area contributed by atoms with Gasteiger partial charge in [-0.05, 0) is 25.3 Å². The Balaban J connectivity index is 2.08. The number of rotatable bonds is 1. The van der Waals surface area contributed by atoms with Gasteiger partial charge in [-0.3, -0.25) is 0 Å². The van der Waals surface area contributed by atoms with E-state index in [0.717, 1.165) is 11.2 Å². The van der Waals surface area contributed by atoms with Crippen molar-refractivity contribution < 1.29 is 0 Å². The Kier molecular flexibility index (Phi) is 2.86. The summed E-state index contributed by atoms with van der Waals surface area (Å²) in [6.45, 7) is 8.22. The van der Waals surface area contributed by atoms with Gasteiger partial charge in [-0.25, -0.2) is 0 Å². The third-order valence-corrected chi connectivity index (χ3v) is 4.99. The predicted octanol–water partition coefficient (Wildman–Crippen LogP) is 1.43. The maximum Gasteiger partial charge on any atom is 0.0701 e. The lowest BCUT2D eigenvalue weighted by atomic mass is 9.90. The molecule has 0 bridgehead atoms. The van der Waals surface area contributed by atoms with Gasteiger partial charge >= 0.3 is 0 Å². The second-order valence-corrected chi connectivity index (χ2v) is 6.03. The highest BCUT2D eigenvalue weighted by molar-refractivity contribution is 8.01. The summed E-state index contributed by atoms with van der Waals surface area (Å²) in [6, 6.07) is 0. The average molecular weight is 200 g/mol. The summed E-state index contributed by atoms with van der Waals surface area (Å²) in [5, 5.41) is 8.04. The first-order valence-electron chi connectivity index (χ1n) is 5.40. The highest BCUT2D eigenvalue weighted by Crippen LogP contribution is 2.43. The van der Waals surface area contributed by atoms with Crippen molar-refractivity contribution in [3.63, 3.8) is 0 Å². The van der Waals surface area contributed by atoms with E-state index in [-0.39, 0.29) is 0 Å². The molecular weight excluding hydrogens is 180 g/mol. The van der Waals surface area contributed by atoms with Crippen molar-refractivity contribution in [1.29, 1.82) is 0 Å². The van der Waals surface area contributed by atoms with E-state index in [1.807, 2.05) is 0 Å². The van der Waals surface area contributed by atoms with Crippen LogP contribution in [0, 0.1) is 5.92 Å². The third-order valence-electron chi connectivity index (χ3n) is 3.32. The SMILES string of the molecule is CCC1CNCCC12NCC(C)S2. The van der Waals surface area contributed by atoms with Crippen LogP contribution in [0.4, 0.5) is 0 Å². The van der Waals surface area contributed by atoms with E-state index in [2.05, 4.69) is 36.2 Å². The largest absolute Gasteiger partial charge is 0.316 e. The quantitative estimate of drug-likeness (QED) is 0.669. The first-order valence-corrected chi connectivity index (χ1v) is 6.28. The minimum absolute atomic E-state index is 0.416. The Labute approximate surface area is 85.2 Å². The lowest BCUT2D eigenvalue weighted by Gasteiger charge is -2.41. The standard InChI is InChI=1S/C10H20N2S/c1-3-9-7-11-5-4-10(9)12-6-8(2)13-10/h8-9,11-12H,3-7H2,1-2H3. The Hall–Kier alpha value is 0.270. The smallest absolute Gasteiger partial charge is 0.0701 e. The molecule has 2 N–H and O–H groups in total. The zero-order chi connectivity index (χ0) is 9.31. The normalized spacial score (nSPS) is 45.7. The molecule has 2 saturated heterocycles. The van der Waals surface area contributed by atoms with Gasteiger partial charge in [-0.2, -0.15) is 0 Å². The molecule has 1 spiro atoms. The predicted molar refractivity (Wildman–Crippen MR) is 59.1 cm³/mol. The lowest BCUT2D eigenvalue weighted by molar-refractivity contribution is 0.252. The van der Waals surface area contributed by atoms with Crippen LogP contribution in [-0.2, 0) is 0 Å². The maximum atomic E-state index is 3.75. The van der Waals surface area contributed by atoms with E-state index in [0.29, 0.717) is 4.87 Å². The minimum Gasteiger partial charge on any atom is -0.316 e. The topological polar surface area (TPSA) is 24.1 Å². The van der Waals surface area contributed by atoms with Crippen LogP contribution in [0.3, 0.4) is 0 Å². The molecule has 0 radical (unpaired) electrons. The van der Waals surface area contributed by atoms with E-state index in [1.54, 1.807) is 0 Å². The fraction of sp³-hybridized carbons (Fsp3) is 1.00. The molecule has 0 aromatic rings. The van der Waals surface area contributed by atoms with Crippen molar-refractivity contribution in [3.05, 3.63) is 0 Å². The number of thioether (sulfide) groups is 1. The van der Waals surface area contributed by atoms with Crippen LogP contribution in [0.5, 0.6) is 0 Å². The van der Waals surface area contributed by atoms with Gasteiger partial charge in [0.1, 0.15) is 0 Å². The van der Waals surface area contributed by atoms with E-state index in [4.69, 9.17) is 0 Å². The second-order valence-electron chi connectivity index (χ2n) is 4.26. The molecule has 0 aromatic carbocycles. The van der Waals surface area contributed by atoms with Crippen LogP contribution < -0.4 is 10.6 Å². The number of hydrogen-bond donors (Lipinski definition) is 2. The monoisotopic (exact) mass is 200 g/mol. The molecule has 2 aliphatic heterocycles. The molecule has 13 heavy (non-hydrogen) atoms. The van der Waals surface area contributed by atoms with Gasteiger partial charge in [-0.1, -0.05) is 13.8 Å². The molecule has 2 aliphatic rings. The van der Waals surface area contributed by atoms with Gasteiger partial charge in [0.15, 0.2) is 0 Å². The first kappa shape index (κ1) is 9.81. The van der Waals surface area contributed by atoms with Gasteiger partial charge in [0.2, 0.25) is 0 Å². The van der Waals surface area contributed by atoms with Crippen LogP contribution in [0.2, 0.25) is 0 Å². The van der Waals surface area contributed by atoms with Gasteiger partial charge < -0.3 is 10.6 Å². The molecule has 0 aromatic heterocycles. The Morgan fingerprint density at radius 3 is 2.92 bits per heavy atom. The molecule has 0 amide bonds. The van der Waals surface area contributed by atoms with Crippen molar-refractivity contribution >= 4 is 11.8 Å². The molecule has 3 atom stereocenters. The zero-order valence-corrected chi connectivity index (χ0v) is 9.41. The van der Waals surface area contributed by atoms with E-state index < -0.39 is 0 Å². The summed E-state index contributed by atoms with van der Waals surface area (Å²) in [6.07, 6.45) is 2.58. The maximum absolute atomic E-state index is 3.75. The Morgan fingerprint density at radius 1 is 1.46 bits per heavy atom. The lowest BCUT2D eigenvalue weighted by Crippen LogP contribution is -2.53. The number of piperidine rings is 1. The molecule has 2 heterocycles. The number of nitrogens with one attached hydrogen (secondary N) is 2. The molecule has 2 nitrogen and oxygen atoms in total. The van der Waals surface area contributed by atoms with Crippen LogP contribution >= 0.6 is 11.8 Å². The van der Waals surface area contributed by atoms with Crippen molar-refractivity contribution in [1.82, 2.24) is 10.6 Å². The Bertz CT molecular complexity index is 182. The summed E-state index contributed by atoms with van der Waals surface area (Å²) < 4.78 is 0. The summed E-state index contributed by atoms with van der Waals surface area (Å²) in [7, 11) is 0.